The third kappa shape index (κ3) is 7.25. The number of ether oxygens (including phenoxy) is 1. The van der Waals surface area contributed by atoms with E-state index in [0.29, 0.717) is 24.0 Å². The second-order valence-corrected chi connectivity index (χ2v) is 7.14. The maximum absolute atomic E-state index is 12.6. The Hall–Kier alpha value is -1.91. The Kier molecular flexibility index (Phi) is 9.12. The standard InChI is InChI=1S/C19H26F2N4O2.HI/c1-12-6-7-14(26-17(20)21)13(8-12)9-24-18(22-5)25-11-16-23-10-15(27-16)19(2,3)4;/h6-8,10,17H,9,11H2,1-5H3,(H2,22,24,25);1H. The molecular formula is C19H27F2IN4O2. The molecule has 1 heterocycles. The third-order valence-corrected chi connectivity index (χ3v) is 3.80. The second-order valence-electron chi connectivity index (χ2n) is 7.14. The maximum Gasteiger partial charge on any atom is 0.387 e. The molecule has 0 amide bonds. The molecule has 2 aromatic rings. The van der Waals surface area contributed by atoms with Gasteiger partial charge in [-0.2, -0.15) is 8.78 Å². The molecule has 0 saturated heterocycles. The first-order valence-electron chi connectivity index (χ1n) is 8.63. The average Bonchev–Trinajstić information content (AvgIpc) is 3.06. The van der Waals surface area contributed by atoms with Crippen LogP contribution in [-0.4, -0.2) is 24.6 Å². The van der Waals surface area contributed by atoms with Gasteiger partial charge in [0.1, 0.15) is 11.5 Å². The van der Waals surface area contributed by atoms with Crippen LogP contribution >= 0.6 is 24.0 Å². The largest absolute Gasteiger partial charge is 0.443 e. The van der Waals surface area contributed by atoms with E-state index in [0.717, 1.165) is 11.3 Å². The van der Waals surface area contributed by atoms with Gasteiger partial charge in [-0.3, -0.25) is 4.99 Å². The van der Waals surface area contributed by atoms with Crippen molar-refractivity contribution in [2.75, 3.05) is 7.05 Å². The van der Waals surface area contributed by atoms with E-state index < -0.39 is 6.61 Å². The summed E-state index contributed by atoms with van der Waals surface area (Å²) < 4.78 is 35.4. The van der Waals surface area contributed by atoms with Gasteiger partial charge in [-0.05, 0) is 13.0 Å². The molecule has 0 aliphatic rings. The number of hydrogen-bond donors (Lipinski definition) is 2. The van der Waals surface area contributed by atoms with E-state index in [1.54, 1.807) is 25.4 Å². The average molecular weight is 508 g/mol. The van der Waals surface area contributed by atoms with Gasteiger partial charge in [0.2, 0.25) is 5.89 Å². The lowest BCUT2D eigenvalue weighted by Crippen LogP contribution is -2.36. The Morgan fingerprint density at radius 2 is 1.93 bits per heavy atom. The van der Waals surface area contributed by atoms with E-state index >= 15 is 0 Å². The van der Waals surface area contributed by atoms with E-state index in [9.17, 15) is 8.78 Å². The molecule has 0 fully saturated rings. The number of nitrogens with zero attached hydrogens (tertiary/aromatic N) is 2. The Bertz CT molecular complexity index is 788. The summed E-state index contributed by atoms with van der Waals surface area (Å²) in [6.07, 6.45) is 1.72. The second kappa shape index (κ2) is 10.6. The van der Waals surface area contributed by atoms with Crippen molar-refractivity contribution in [1.29, 1.82) is 0 Å². The van der Waals surface area contributed by atoms with Crippen LogP contribution in [0.5, 0.6) is 5.75 Å². The Balaban J connectivity index is 0.00000392. The number of guanidine groups is 1. The number of nitrogens with one attached hydrogen (secondary N) is 2. The molecule has 28 heavy (non-hydrogen) atoms. The van der Waals surface area contributed by atoms with Gasteiger partial charge in [-0.25, -0.2) is 4.98 Å². The Labute approximate surface area is 181 Å². The number of benzene rings is 1. The number of aliphatic imine (C=N–C) groups is 1. The van der Waals surface area contributed by atoms with Crippen molar-refractivity contribution >= 4 is 29.9 Å². The fourth-order valence-electron chi connectivity index (χ4n) is 2.35. The molecule has 9 heteroatoms. The number of rotatable bonds is 6. The van der Waals surface area contributed by atoms with Crippen molar-refractivity contribution in [3.05, 3.63) is 47.2 Å². The topological polar surface area (TPSA) is 71.7 Å². The molecule has 1 aromatic heterocycles. The first-order valence-corrected chi connectivity index (χ1v) is 8.63. The van der Waals surface area contributed by atoms with Crippen LogP contribution in [0.25, 0.3) is 0 Å². The zero-order valence-electron chi connectivity index (χ0n) is 16.7. The van der Waals surface area contributed by atoms with Gasteiger partial charge in [0.25, 0.3) is 0 Å². The van der Waals surface area contributed by atoms with E-state index in [1.165, 1.54) is 6.07 Å². The van der Waals surface area contributed by atoms with Crippen LogP contribution in [0.3, 0.4) is 0 Å². The minimum absolute atomic E-state index is 0. The van der Waals surface area contributed by atoms with Gasteiger partial charge in [0, 0.05) is 24.6 Å². The van der Waals surface area contributed by atoms with Crippen LogP contribution in [0.4, 0.5) is 8.78 Å². The van der Waals surface area contributed by atoms with Crippen molar-refractivity contribution < 1.29 is 17.9 Å². The quantitative estimate of drug-likeness (QED) is 0.345. The highest BCUT2D eigenvalue weighted by atomic mass is 127. The zero-order valence-corrected chi connectivity index (χ0v) is 19.0. The van der Waals surface area contributed by atoms with E-state index in [-0.39, 0.29) is 41.7 Å². The highest BCUT2D eigenvalue weighted by molar-refractivity contribution is 14.0. The number of oxazole rings is 1. The minimum atomic E-state index is -2.87. The highest BCUT2D eigenvalue weighted by Gasteiger charge is 2.19. The fraction of sp³-hybridized carbons (Fsp3) is 0.474. The predicted octanol–water partition coefficient (Wildman–Crippen LogP) is 4.37. The third-order valence-electron chi connectivity index (χ3n) is 3.80. The molecule has 0 bridgehead atoms. The van der Waals surface area contributed by atoms with Gasteiger partial charge in [-0.1, -0.05) is 38.5 Å². The summed E-state index contributed by atoms with van der Waals surface area (Å²) in [5.74, 6) is 1.98. The molecule has 0 atom stereocenters. The predicted molar refractivity (Wildman–Crippen MR) is 115 cm³/mol. The molecule has 156 valence electrons. The number of hydrogen-bond acceptors (Lipinski definition) is 4. The van der Waals surface area contributed by atoms with E-state index in [4.69, 9.17) is 4.42 Å². The van der Waals surface area contributed by atoms with Crippen molar-refractivity contribution in [3.63, 3.8) is 0 Å². The summed E-state index contributed by atoms with van der Waals surface area (Å²) in [5, 5.41) is 6.17. The zero-order chi connectivity index (χ0) is 20.0. The lowest BCUT2D eigenvalue weighted by atomic mass is 9.94. The van der Waals surface area contributed by atoms with E-state index in [1.807, 2.05) is 27.7 Å². The van der Waals surface area contributed by atoms with Crippen LogP contribution in [-0.2, 0) is 18.5 Å². The molecule has 0 aliphatic heterocycles. The molecule has 0 radical (unpaired) electrons. The van der Waals surface area contributed by atoms with Crippen molar-refractivity contribution in [3.8, 4) is 5.75 Å². The van der Waals surface area contributed by atoms with Crippen molar-refractivity contribution in [1.82, 2.24) is 15.6 Å². The highest BCUT2D eigenvalue weighted by Crippen LogP contribution is 2.23. The van der Waals surface area contributed by atoms with Gasteiger partial charge < -0.3 is 19.8 Å². The van der Waals surface area contributed by atoms with Gasteiger partial charge in [0.05, 0.1) is 12.7 Å². The number of aromatic nitrogens is 1. The normalized spacial score (nSPS) is 11.9. The molecule has 1 aromatic carbocycles. The summed E-state index contributed by atoms with van der Waals surface area (Å²) in [7, 11) is 1.62. The first-order chi connectivity index (χ1) is 12.7. The summed E-state index contributed by atoms with van der Waals surface area (Å²) in [4.78, 5) is 8.37. The fourth-order valence-corrected chi connectivity index (χ4v) is 2.35. The molecule has 6 nitrogen and oxygen atoms in total. The van der Waals surface area contributed by atoms with Crippen LogP contribution in [0.1, 0.15) is 43.5 Å². The lowest BCUT2D eigenvalue weighted by Gasteiger charge is -2.15. The molecule has 0 spiro atoms. The molecular weight excluding hydrogens is 481 g/mol. The summed E-state index contributed by atoms with van der Waals surface area (Å²) >= 11 is 0. The van der Waals surface area contributed by atoms with Gasteiger partial charge in [0.15, 0.2) is 5.96 Å². The molecule has 0 saturated carbocycles. The van der Waals surface area contributed by atoms with Crippen molar-refractivity contribution in [2.45, 2.75) is 52.8 Å². The Morgan fingerprint density at radius 1 is 1.25 bits per heavy atom. The van der Waals surface area contributed by atoms with Crippen LogP contribution in [0.15, 0.2) is 33.8 Å². The number of halogens is 3. The maximum atomic E-state index is 12.6. The molecule has 2 rings (SSSR count). The van der Waals surface area contributed by atoms with Gasteiger partial charge in [-0.15, -0.1) is 24.0 Å². The minimum Gasteiger partial charge on any atom is -0.443 e. The van der Waals surface area contributed by atoms with Crippen LogP contribution in [0, 0.1) is 6.92 Å². The SMILES string of the molecule is CN=C(NCc1ncc(C(C)(C)C)o1)NCc1cc(C)ccc1OC(F)F.I. The number of alkyl halides is 2. The van der Waals surface area contributed by atoms with Crippen molar-refractivity contribution in [2.24, 2.45) is 4.99 Å². The Morgan fingerprint density at radius 3 is 2.50 bits per heavy atom. The van der Waals surface area contributed by atoms with E-state index in [2.05, 4.69) is 25.3 Å². The number of aryl methyl sites for hydroxylation is 1. The monoisotopic (exact) mass is 508 g/mol. The molecule has 0 unspecified atom stereocenters. The van der Waals surface area contributed by atoms with Gasteiger partial charge >= 0.3 is 6.61 Å². The lowest BCUT2D eigenvalue weighted by molar-refractivity contribution is -0.0504. The van der Waals surface area contributed by atoms with Crippen LogP contribution < -0.4 is 15.4 Å². The first kappa shape index (κ1) is 24.1. The molecule has 2 N–H and O–H groups in total. The summed E-state index contributed by atoms with van der Waals surface area (Å²) in [6.45, 7) is 5.79. The summed E-state index contributed by atoms with van der Waals surface area (Å²) in [5.41, 5.74) is 1.45. The van der Waals surface area contributed by atoms with Crippen LogP contribution in [0.2, 0.25) is 0 Å². The smallest absolute Gasteiger partial charge is 0.387 e. The molecule has 0 aliphatic carbocycles. The summed E-state index contributed by atoms with van der Waals surface area (Å²) in [6, 6.07) is 5.06.